The van der Waals surface area contributed by atoms with Gasteiger partial charge in [-0.25, -0.2) is 9.78 Å². The zero-order valence-electron chi connectivity index (χ0n) is 9.13. The van der Waals surface area contributed by atoms with Gasteiger partial charge in [-0.05, 0) is 12.1 Å². The SMILES string of the molecule is O=C(O)c1nc2cc(Br)ccn2c1C(O)P(=O)(O)O. The summed E-state index contributed by atoms with van der Waals surface area (Å²) >= 11 is 3.16. The van der Waals surface area contributed by atoms with Gasteiger partial charge in [-0.2, -0.15) is 0 Å². The third kappa shape index (κ3) is 2.56. The molecule has 2 rings (SSSR count). The number of aliphatic hydroxyl groups excluding tert-OH is 1. The van der Waals surface area contributed by atoms with Crippen LogP contribution in [0.3, 0.4) is 0 Å². The van der Waals surface area contributed by atoms with Crippen LogP contribution in [0.1, 0.15) is 22.0 Å². The number of carbonyl (C=O) groups is 1. The van der Waals surface area contributed by atoms with E-state index in [-0.39, 0.29) is 5.65 Å². The van der Waals surface area contributed by atoms with Crippen molar-refractivity contribution in [2.45, 2.75) is 5.85 Å². The van der Waals surface area contributed by atoms with Crippen molar-refractivity contribution in [3.05, 3.63) is 34.2 Å². The molecule has 2 aromatic rings. The van der Waals surface area contributed by atoms with Crippen LogP contribution < -0.4 is 0 Å². The van der Waals surface area contributed by atoms with E-state index in [0.29, 0.717) is 4.47 Å². The zero-order chi connectivity index (χ0) is 14.4. The number of carboxylic acids is 1. The van der Waals surface area contributed by atoms with Crippen molar-refractivity contribution in [3.8, 4) is 0 Å². The van der Waals surface area contributed by atoms with E-state index < -0.39 is 30.8 Å². The number of pyridine rings is 1. The lowest BCUT2D eigenvalue weighted by Crippen LogP contribution is -2.09. The predicted molar refractivity (Wildman–Crippen MR) is 66.9 cm³/mol. The van der Waals surface area contributed by atoms with Gasteiger partial charge in [0.25, 0.3) is 0 Å². The van der Waals surface area contributed by atoms with Gasteiger partial charge in [0.2, 0.25) is 0 Å². The van der Waals surface area contributed by atoms with Crippen molar-refractivity contribution in [2.24, 2.45) is 0 Å². The van der Waals surface area contributed by atoms with Crippen LogP contribution in [0.25, 0.3) is 5.65 Å². The summed E-state index contributed by atoms with van der Waals surface area (Å²) in [7, 11) is -4.91. The summed E-state index contributed by atoms with van der Waals surface area (Å²) in [6.07, 6.45) is 1.35. The second-order valence-electron chi connectivity index (χ2n) is 3.69. The molecule has 0 aromatic carbocycles. The molecule has 8 nitrogen and oxygen atoms in total. The highest BCUT2D eigenvalue weighted by Gasteiger charge is 2.35. The first-order valence-corrected chi connectivity index (χ1v) is 7.33. The van der Waals surface area contributed by atoms with E-state index in [1.165, 1.54) is 18.3 Å². The van der Waals surface area contributed by atoms with E-state index in [2.05, 4.69) is 20.9 Å². The number of halogens is 1. The monoisotopic (exact) mass is 350 g/mol. The molecule has 0 spiro atoms. The van der Waals surface area contributed by atoms with E-state index in [4.69, 9.17) is 14.9 Å². The average molecular weight is 351 g/mol. The van der Waals surface area contributed by atoms with Crippen LogP contribution in [0.4, 0.5) is 0 Å². The fourth-order valence-corrected chi connectivity index (χ4v) is 2.49. The third-order valence-corrected chi connectivity index (χ3v) is 3.77. The van der Waals surface area contributed by atoms with Crippen LogP contribution in [-0.4, -0.2) is 35.4 Å². The Labute approximate surface area is 114 Å². The highest BCUT2D eigenvalue weighted by atomic mass is 79.9. The highest BCUT2D eigenvalue weighted by molar-refractivity contribution is 9.10. The Morgan fingerprint density at radius 3 is 2.63 bits per heavy atom. The molecule has 2 heterocycles. The fraction of sp³-hybridized carbons (Fsp3) is 0.111. The van der Waals surface area contributed by atoms with Crippen molar-refractivity contribution in [2.75, 3.05) is 0 Å². The quantitative estimate of drug-likeness (QED) is 0.606. The molecular formula is C9H8BrN2O6P. The lowest BCUT2D eigenvalue weighted by molar-refractivity contribution is 0.0686. The first-order valence-electron chi connectivity index (χ1n) is 4.86. The summed E-state index contributed by atoms with van der Waals surface area (Å²) < 4.78 is 12.8. The maximum atomic E-state index is 11.1. The zero-order valence-corrected chi connectivity index (χ0v) is 11.6. The van der Waals surface area contributed by atoms with Gasteiger partial charge in [-0.15, -0.1) is 0 Å². The molecule has 4 N–H and O–H groups in total. The van der Waals surface area contributed by atoms with Gasteiger partial charge in [-0.1, -0.05) is 15.9 Å². The van der Waals surface area contributed by atoms with Crippen molar-refractivity contribution in [1.82, 2.24) is 9.38 Å². The molecule has 0 amide bonds. The van der Waals surface area contributed by atoms with Crippen molar-refractivity contribution < 1.29 is 29.4 Å². The normalized spacial score (nSPS) is 13.7. The predicted octanol–water partition coefficient (Wildman–Crippen LogP) is 0.964. The summed E-state index contributed by atoms with van der Waals surface area (Å²) in [5, 5.41) is 18.6. The number of aromatic carboxylic acids is 1. The number of imidazole rings is 1. The number of aromatic nitrogens is 2. The molecule has 0 saturated carbocycles. The standard InChI is InChI=1S/C9H8BrN2O6P/c10-4-1-2-12-5(3-4)11-6(8(13)14)7(12)9(15)19(16,17)18/h1-3,9,15H,(H,13,14)(H2,16,17,18). The van der Waals surface area contributed by atoms with Crippen LogP contribution in [0.2, 0.25) is 0 Å². The number of hydrogen-bond acceptors (Lipinski definition) is 4. The van der Waals surface area contributed by atoms with Gasteiger partial charge in [0.15, 0.2) is 11.5 Å². The van der Waals surface area contributed by atoms with Gasteiger partial charge >= 0.3 is 13.6 Å². The molecule has 0 bridgehead atoms. The molecule has 0 saturated heterocycles. The Morgan fingerprint density at radius 1 is 1.47 bits per heavy atom. The molecule has 0 aliphatic heterocycles. The fourth-order valence-electron chi connectivity index (χ4n) is 1.60. The lowest BCUT2D eigenvalue weighted by atomic mass is 10.3. The Kier molecular flexibility index (Phi) is 3.50. The Hall–Kier alpha value is -1.25. The molecule has 0 aliphatic rings. The van der Waals surface area contributed by atoms with E-state index in [1.54, 1.807) is 0 Å². The van der Waals surface area contributed by atoms with Gasteiger partial charge < -0.3 is 20.0 Å². The van der Waals surface area contributed by atoms with Gasteiger partial charge in [0, 0.05) is 10.7 Å². The van der Waals surface area contributed by atoms with Crippen molar-refractivity contribution in [1.29, 1.82) is 0 Å². The highest BCUT2D eigenvalue weighted by Crippen LogP contribution is 2.50. The Balaban J connectivity index is 2.79. The molecule has 102 valence electrons. The average Bonchev–Trinajstić information content (AvgIpc) is 2.64. The number of nitrogens with zero attached hydrogens (tertiary/aromatic N) is 2. The Bertz CT molecular complexity index is 708. The summed E-state index contributed by atoms with van der Waals surface area (Å²) in [4.78, 5) is 32.8. The summed E-state index contributed by atoms with van der Waals surface area (Å²) in [5.41, 5.74) is -0.911. The molecule has 0 aliphatic carbocycles. The Morgan fingerprint density at radius 2 is 2.11 bits per heavy atom. The minimum Gasteiger partial charge on any atom is -0.476 e. The smallest absolute Gasteiger partial charge is 0.359 e. The first kappa shape index (κ1) is 14.2. The lowest BCUT2D eigenvalue weighted by Gasteiger charge is -2.12. The van der Waals surface area contributed by atoms with Crippen LogP contribution in [0.5, 0.6) is 0 Å². The molecule has 1 unspecified atom stereocenters. The number of hydrogen-bond donors (Lipinski definition) is 4. The van der Waals surface area contributed by atoms with E-state index in [0.717, 1.165) is 4.40 Å². The van der Waals surface area contributed by atoms with Crippen molar-refractivity contribution >= 4 is 35.1 Å². The topological polar surface area (TPSA) is 132 Å². The van der Waals surface area contributed by atoms with E-state index >= 15 is 0 Å². The molecular weight excluding hydrogens is 343 g/mol. The summed E-state index contributed by atoms with van der Waals surface area (Å²) in [6, 6.07) is 2.98. The molecule has 1 atom stereocenters. The number of rotatable bonds is 3. The van der Waals surface area contributed by atoms with Crippen LogP contribution in [0.15, 0.2) is 22.8 Å². The number of carboxylic acid groups (broad SMARTS) is 1. The van der Waals surface area contributed by atoms with Gasteiger partial charge in [-0.3, -0.25) is 8.97 Å². The summed E-state index contributed by atoms with van der Waals surface area (Å²) in [6.45, 7) is 0. The third-order valence-electron chi connectivity index (χ3n) is 2.39. The second-order valence-corrected chi connectivity index (χ2v) is 6.27. The van der Waals surface area contributed by atoms with E-state index in [9.17, 15) is 14.5 Å². The molecule has 10 heteroatoms. The largest absolute Gasteiger partial charge is 0.476 e. The maximum absolute atomic E-state index is 11.1. The maximum Gasteiger partial charge on any atom is 0.359 e. The minimum atomic E-state index is -4.91. The van der Waals surface area contributed by atoms with Crippen LogP contribution in [0, 0.1) is 0 Å². The van der Waals surface area contributed by atoms with Crippen molar-refractivity contribution in [3.63, 3.8) is 0 Å². The van der Waals surface area contributed by atoms with Crippen LogP contribution >= 0.6 is 23.5 Å². The molecule has 2 aromatic heterocycles. The van der Waals surface area contributed by atoms with Crippen LogP contribution in [-0.2, 0) is 4.57 Å². The molecule has 0 fully saturated rings. The van der Waals surface area contributed by atoms with Gasteiger partial charge in [0.05, 0.1) is 5.69 Å². The van der Waals surface area contributed by atoms with E-state index in [1.807, 2.05) is 0 Å². The van der Waals surface area contributed by atoms with Gasteiger partial charge in [0.1, 0.15) is 5.65 Å². The first-order chi connectivity index (χ1) is 8.71. The number of aliphatic hydroxyl groups is 1. The number of fused-ring (bicyclic) bond motifs is 1. The summed E-state index contributed by atoms with van der Waals surface area (Å²) in [5.74, 6) is -3.74. The minimum absolute atomic E-state index is 0.147. The molecule has 19 heavy (non-hydrogen) atoms. The molecule has 0 radical (unpaired) electrons. The second kappa shape index (κ2) is 4.69.